The Kier molecular flexibility index (Phi) is 8.03. The molecule has 0 aliphatic rings. The lowest BCUT2D eigenvalue weighted by molar-refractivity contribution is -0.147. The molecule has 0 saturated carbocycles. The lowest BCUT2D eigenvalue weighted by Crippen LogP contribution is -2.34. The molecule has 0 heterocycles. The van der Waals surface area contributed by atoms with Gasteiger partial charge in [0.25, 0.3) is 11.8 Å². The van der Waals surface area contributed by atoms with E-state index in [0.717, 1.165) is 24.0 Å². The molecule has 0 aliphatic heterocycles. The number of amides is 2. The Balaban J connectivity index is 1.75. The maximum atomic E-state index is 12.1. The molecule has 0 atom stereocenters. The van der Waals surface area contributed by atoms with Crippen molar-refractivity contribution < 1.29 is 19.1 Å². The highest BCUT2D eigenvalue weighted by Gasteiger charge is 2.11. The Morgan fingerprint density at radius 2 is 1.56 bits per heavy atom. The molecule has 2 rings (SSSR count). The topological polar surface area (TPSA) is 84.5 Å². The predicted molar refractivity (Wildman–Crippen MR) is 103 cm³/mol. The number of benzene rings is 2. The van der Waals surface area contributed by atoms with E-state index < -0.39 is 5.97 Å². The van der Waals surface area contributed by atoms with Gasteiger partial charge in [-0.25, -0.2) is 0 Å². The van der Waals surface area contributed by atoms with E-state index in [-0.39, 0.29) is 25.0 Å². The molecule has 0 unspecified atom stereocenters. The summed E-state index contributed by atoms with van der Waals surface area (Å²) in [7, 11) is 0. The third-order valence-corrected chi connectivity index (χ3v) is 3.86. The van der Waals surface area contributed by atoms with Gasteiger partial charge in [0.1, 0.15) is 6.54 Å². The van der Waals surface area contributed by atoms with Gasteiger partial charge in [-0.3, -0.25) is 14.4 Å². The zero-order valence-electron chi connectivity index (χ0n) is 15.4. The van der Waals surface area contributed by atoms with Crippen LogP contribution in [0.15, 0.2) is 54.6 Å². The van der Waals surface area contributed by atoms with Gasteiger partial charge >= 0.3 is 5.97 Å². The van der Waals surface area contributed by atoms with Crippen molar-refractivity contribution in [1.82, 2.24) is 10.6 Å². The van der Waals surface area contributed by atoms with E-state index in [0.29, 0.717) is 12.1 Å². The average Bonchev–Trinajstić information content (AvgIpc) is 2.71. The van der Waals surface area contributed by atoms with Gasteiger partial charge in [0.05, 0.1) is 0 Å². The Labute approximate surface area is 158 Å². The van der Waals surface area contributed by atoms with Crippen LogP contribution in [-0.2, 0) is 14.3 Å². The number of esters is 1. The summed E-state index contributed by atoms with van der Waals surface area (Å²) in [5, 5.41) is 5.13. The number of ether oxygens (including phenoxy) is 1. The molecule has 27 heavy (non-hydrogen) atoms. The zero-order valence-corrected chi connectivity index (χ0v) is 15.4. The molecule has 2 aromatic rings. The summed E-state index contributed by atoms with van der Waals surface area (Å²) in [6, 6.07) is 16.9. The normalized spacial score (nSPS) is 10.1. The Morgan fingerprint density at radius 3 is 2.22 bits per heavy atom. The molecule has 0 aliphatic carbocycles. The van der Waals surface area contributed by atoms with Gasteiger partial charge in [-0.15, -0.1) is 0 Å². The van der Waals surface area contributed by atoms with Crippen molar-refractivity contribution in [1.29, 1.82) is 0 Å². The highest BCUT2D eigenvalue weighted by molar-refractivity contribution is 5.96. The standard InChI is InChI=1S/C21H24N2O4/c1-2-3-13-22-19(24)15-27-20(25)14-23-21(26)18-11-9-17(10-12-18)16-7-5-4-6-8-16/h4-12H,2-3,13-15H2,1H3,(H,22,24)(H,23,26). The van der Waals surface area contributed by atoms with E-state index in [9.17, 15) is 14.4 Å². The largest absolute Gasteiger partial charge is 0.454 e. The quantitative estimate of drug-likeness (QED) is 0.526. The van der Waals surface area contributed by atoms with Crippen LogP contribution in [-0.4, -0.2) is 37.5 Å². The number of hydrogen-bond donors (Lipinski definition) is 2. The first-order chi connectivity index (χ1) is 13.1. The molecule has 2 N–H and O–H groups in total. The van der Waals surface area contributed by atoms with Crippen molar-refractivity contribution in [2.45, 2.75) is 19.8 Å². The van der Waals surface area contributed by atoms with Crippen LogP contribution in [0.25, 0.3) is 11.1 Å². The molecule has 0 fully saturated rings. The minimum absolute atomic E-state index is 0.290. The summed E-state index contributed by atoms with van der Waals surface area (Å²) in [6.45, 7) is 1.94. The number of nitrogens with one attached hydrogen (secondary N) is 2. The summed E-state index contributed by atoms with van der Waals surface area (Å²) in [5.74, 6) is -1.38. The monoisotopic (exact) mass is 368 g/mol. The third kappa shape index (κ3) is 6.93. The van der Waals surface area contributed by atoms with E-state index >= 15 is 0 Å². The van der Waals surface area contributed by atoms with Gasteiger partial charge in [-0.1, -0.05) is 55.8 Å². The molecule has 0 aromatic heterocycles. The van der Waals surface area contributed by atoms with Gasteiger partial charge < -0.3 is 15.4 Å². The molecule has 0 radical (unpaired) electrons. The maximum absolute atomic E-state index is 12.1. The predicted octanol–water partition coefficient (Wildman–Crippen LogP) is 2.54. The molecule has 142 valence electrons. The second-order valence-corrected chi connectivity index (χ2v) is 5.99. The van der Waals surface area contributed by atoms with E-state index in [1.54, 1.807) is 12.1 Å². The fourth-order valence-corrected chi connectivity index (χ4v) is 2.35. The van der Waals surface area contributed by atoms with Crippen LogP contribution >= 0.6 is 0 Å². The van der Waals surface area contributed by atoms with Crippen LogP contribution < -0.4 is 10.6 Å². The SMILES string of the molecule is CCCCNC(=O)COC(=O)CNC(=O)c1ccc(-c2ccccc2)cc1. The smallest absolute Gasteiger partial charge is 0.325 e. The highest BCUT2D eigenvalue weighted by atomic mass is 16.5. The van der Waals surface area contributed by atoms with E-state index in [4.69, 9.17) is 4.74 Å². The number of carbonyl (C=O) groups excluding carboxylic acids is 3. The molecule has 0 saturated heterocycles. The molecule has 6 nitrogen and oxygen atoms in total. The van der Waals surface area contributed by atoms with Crippen molar-refractivity contribution in [2.24, 2.45) is 0 Å². The zero-order chi connectivity index (χ0) is 19.5. The Morgan fingerprint density at radius 1 is 0.889 bits per heavy atom. The number of rotatable bonds is 9. The highest BCUT2D eigenvalue weighted by Crippen LogP contribution is 2.19. The fraction of sp³-hybridized carbons (Fsp3) is 0.286. The number of carbonyl (C=O) groups is 3. The van der Waals surface area contributed by atoms with E-state index in [2.05, 4.69) is 10.6 Å². The fourth-order valence-electron chi connectivity index (χ4n) is 2.35. The van der Waals surface area contributed by atoms with Gasteiger partial charge in [-0.2, -0.15) is 0 Å². The summed E-state index contributed by atoms with van der Waals surface area (Å²) < 4.78 is 4.83. The second kappa shape index (κ2) is 10.8. The van der Waals surface area contributed by atoms with Crippen molar-refractivity contribution in [3.05, 3.63) is 60.2 Å². The lowest BCUT2D eigenvalue weighted by Gasteiger charge is -2.08. The first-order valence-corrected chi connectivity index (χ1v) is 8.96. The molecule has 6 heteroatoms. The van der Waals surface area contributed by atoms with Gasteiger partial charge in [0.2, 0.25) is 0 Å². The summed E-state index contributed by atoms with van der Waals surface area (Å²) in [6.07, 6.45) is 1.84. The number of hydrogen-bond acceptors (Lipinski definition) is 4. The van der Waals surface area contributed by atoms with Crippen molar-refractivity contribution >= 4 is 17.8 Å². The summed E-state index contributed by atoms with van der Waals surface area (Å²) >= 11 is 0. The molecule has 0 spiro atoms. The van der Waals surface area contributed by atoms with Gasteiger partial charge in [0, 0.05) is 12.1 Å². The van der Waals surface area contributed by atoms with Gasteiger partial charge in [0.15, 0.2) is 6.61 Å². The Hall–Kier alpha value is -3.15. The molecule has 2 amide bonds. The van der Waals surface area contributed by atoms with Crippen LogP contribution in [0.3, 0.4) is 0 Å². The summed E-state index contributed by atoms with van der Waals surface area (Å²) in [5.41, 5.74) is 2.51. The Bertz CT molecular complexity index is 758. The average molecular weight is 368 g/mol. The van der Waals surface area contributed by atoms with Gasteiger partial charge in [-0.05, 0) is 29.7 Å². The first-order valence-electron chi connectivity index (χ1n) is 8.96. The van der Waals surface area contributed by atoms with Crippen LogP contribution in [0.5, 0.6) is 0 Å². The lowest BCUT2D eigenvalue weighted by atomic mass is 10.0. The van der Waals surface area contributed by atoms with Crippen LogP contribution in [0.4, 0.5) is 0 Å². The van der Waals surface area contributed by atoms with Crippen LogP contribution in [0.2, 0.25) is 0 Å². The molecule has 0 bridgehead atoms. The third-order valence-electron chi connectivity index (χ3n) is 3.86. The molecular formula is C21H24N2O4. The minimum Gasteiger partial charge on any atom is -0.454 e. The van der Waals surface area contributed by atoms with Crippen molar-refractivity contribution in [3.63, 3.8) is 0 Å². The summed E-state index contributed by atoms with van der Waals surface area (Å²) in [4.78, 5) is 35.2. The minimum atomic E-state index is -0.658. The van der Waals surface area contributed by atoms with Crippen molar-refractivity contribution in [3.8, 4) is 11.1 Å². The second-order valence-electron chi connectivity index (χ2n) is 5.99. The first kappa shape index (κ1) is 20.2. The number of unbranched alkanes of at least 4 members (excludes halogenated alkanes) is 1. The maximum Gasteiger partial charge on any atom is 0.325 e. The molecule has 2 aromatic carbocycles. The van der Waals surface area contributed by atoms with E-state index in [1.807, 2.05) is 49.4 Å². The molecular weight excluding hydrogens is 344 g/mol. The van der Waals surface area contributed by atoms with E-state index in [1.165, 1.54) is 0 Å². The van der Waals surface area contributed by atoms with Crippen molar-refractivity contribution in [2.75, 3.05) is 19.7 Å². The van der Waals surface area contributed by atoms with Crippen LogP contribution in [0, 0.1) is 0 Å². The van der Waals surface area contributed by atoms with Crippen LogP contribution in [0.1, 0.15) is 30.1 Å².